The van der Waals surface area contributed by atoms with E-state index in [1.54, 1.807) is 12.1 Å². The van der Waals surface area contributed by atoms with Gasteiger partial charge >= 0.3 is 33.0 Å². The molecular weight excluding hydrogens is 375 g/mol. The number of nitrogens with zero attached hydrogens (tertiary/aromatic N) is 3. The molecule has 0 saturated carbocycles. The maximum absolute atomic E-state index is 10.8. The minimum absolute atomic E-state index is 0.101. The fourth-order valence-corrected chi connectivity index (χ4v) is 1.54. The molecule has 0 atom stereocenters. The van der Waals surface area contributed by atoms with E-state index in [-0.39, 0.29) is 10.6 Å². The number of nitro groups is 1. The second-order valence-corrected chi connectivity index (χ2v) is 7.32. The summed E-state index contributed by atoms with van der Waals surface area (Å²) in [5.41, 5.74) is 1.85. The van der Waals surface area contributed by atoms with E-state index in [9.17, 15) is 35.3 Å². The number of halogens is 6. The summed E-state index contributed by atoms with van der Waals surface area (Å²) in [6.45, 7) is 0. The average Bonchev–Trinajstić information content (AvgIpc) is 2.33. The van der Waals surface area contributed by atoms with Crippen molar-refractivity contribution in [3.63, 3.8) is 0 Å². The Morgan fingerprint density at radius 3 is 1.96 bits per heavy atom. The van der Waals surface area contributed by atoms with E-state index in [1.165, 1.54) is 6.07 Å². The topological polar surface area (TPSA) is 49.4 Å². The summed E-state index contributed by atoms with van der Waals surface area (Å²) in [5.74, 6) is 0. The van der Waals surface area contributed by atoms with Crippen molar-refractivity contribution >= 4 is 25.3 Å². The van der Waals surface area contributed by atoms with E-state index in [0.29, 0.717) is 0 Å². The Hall–Kier alpha value is -2.16. The molecule has 144 valence electrons. The van der Waals surface area contributed by atoms with Crippen molar-refractivity contribution in [2.45, 2.75) is 0 Å². The fourth-order valence-electron chi connectivity index (χ4n) is 1.54. The van der Waals surface area contributed by atoms with Crippen LogP contribution in [0.25, 0.3) is 5.57 Å². The van der Waals surface area contributed by atoms with Gasteiger partial charge in [0.1, 0.15) is 14.1 Å². The number of non-ortho nitro benzene ring substituents is 1. The van der Waals surface area contributed by atoms with Gasteiger partial charge in [0.2, 0.25) is 0 Å². The molecule has 1 rings (SSSR count). The molecule has 0 spiro atoms. The number of hydrogen-bond acceptors (Lipinski definition) is 3. The number of hydrogen-bond donors (Lipinski definition) is 0. The van der Waals surface area contributed by atoms with Crippen LogP contribution in [0.3, 0.4) is 0 Å². The molecule has 0 unspecified atom stereocenters. The Balaban J connectivity index is 0.000000697. The molecule has 0 aliphatic carbocycles. The van der Waals surface area contributed by atoms with Gasteiger partial charge in [0.25, 0.3) is 5.69 Å². The van der Waals surface area contributed by atoms with E-state index in [2.05, 4.69) is 0 Å². The Morgan fingerprint density at radius 2 is 1.60 bits per heavy atom. The van der Waals surface area contributed by atoms with Crippen LogP contribution in [-0.4, -0.2) is 48.8 Å². The maximum atomic E-state index is 10.8. The molecule has 25 heavy (non-hydrogen) atoms. The Labute approximate surface area is 140 Å². The molecule has 0 fully saturated rings. The standard InChI is InChI=1S/C13H18N3O2.F6P/c1-14(2)9-12(10-15(3)4)11-6-5-7-13(8-11)16(17)18;1-7(2,3,4,5)6/h5-10H,1-4H3;/q+1;-1. The molecule has 0 radical (unpaired) electrons. The Bertz CT molecular complexity index is 684. The van der Waals surface area contributed by atoms with Crippen LogP contribution in [-0.2, 0) is 0 Å². The van der Waals surface area contributed by atoms with E-state index >= 15 is 0 Å². The Morgan fingerprint density at radius 1 is 1.12 bits per heavy atom. The molecule has 5 nitrogen and oxygen atoms in total. The monoisotopic (exact) mass is 393 g/mol. The molecule has 1 aromatic rings. The van der Waals surface area contributed by atoms with Gasteiger partial charge in [-0.15, -0.1) is 0 Å². The van der Waals surface area contributed by atoms with Gasteiger partial charge in [0.15, 0.2) is 6.21 Å². The third-order valence-electron chi connectivity index (χ3n) is 2.18. The van der Waals surface area contributed by atoms with Gasteiger partial charge in [-0.05, 0) is 5.56 Å². The van der Waals surface area contributed by atoms with Gasteiger partial charge < -0.3 is 4.90 Å². The molecule has 12 heteroatoms. The van der Waals surface area contributed by atoms with Crippen molar-refractivity contribution in [1.82, 2.24) is 4.90 Å². The third-order valence-corrected chi connectivity index (χ3v) is 2.18. The van der Waals surface area contributed by atoms with Crippen molar-refractivity contribution in [2.75, 3.05) is 28.2 Å². The van der Waals surface area contributed by atoms with Crippen LogP contribution in [0, 0.1) is 10.1 Å². The summed E-state index contributed by atoms with van der Waals surface area (Å²) >= 11 is 0. The van der Waals surface area contributed by atoms with Gasteiger partial charge in [-0.1, -0.05) is 12.1 Å². The third kappa shape index (κ3) is 15.1. The minimum atomic E-state index is -10.7. The first kappa shape index (κ1) is 22.8. The van der Waals surface area contributed by atoms with Gasteiger partial charge in [0, 0.05) is 32.4 Å². The van der Waals surface area contributed by atoms with Crippen LogP contribution in [0.1, 0.15) is 5.56 Å². The van der Waals surface area contributed by atoms with Crippen molar-refractivity contribution < 1.29 is 34.7 Å². The first-order valence-electron chi connectivity index (χ1n) is 6.56. The average molecular weight is 393 g/mol. The molecule has 0 saturated heterocycles. The summed E-state index contributed by atoms with van der Waals surface area (Å²) in [4.78, 5) is 12.3. The SMILES string of the molecule is CN(C)/C=C(\C=[N+](C)C)c1cccc([N+](=O)[O-])c1.F[P-](F)(F)(F)(F)F. The fraction of sp³-hybridized carbons (Fsp3) is 0.308. The van der Waals surface area contributed by atoms with E-state index in [1.807, 2.05) is 56.1 Å². The second kappa shape index (κ2) is 6.99. The van der Waals surface area contributed by atoms with Crippen LogP contribution in [0.15, 0.2) is 30.5 Å². The summed E-state index contributed by atoms with van der Waals surface area (Å²) in [6, 6.07) is 6.63. The summed E-state index contributed by atoms with van der Waals surface area (Å²) in [5, 5.41) is 10.8. The van der Waals surface area contributed by atoms with Crippen LogP contribution in [0.2, 0.25) is 0 Å². The first-order chi connectivity index (χ1) is 10.8. The normalized spacial score (nSPS) is 14.4. The molecular formula is C13H18F6N3O2P. The zero-order valence-electron chi connectivity index (χ0n) is 13.8. The molecule has 0 aromatic heterocycles. The Kier molecular flexibility index (Phi) is 6.39. The molecule has 0 amide bonds. The second-order valence-electron chi connectivity index (χ2n) is 5.41. The zero-order chi connectivity index (χ0) is 20.1. The van der Waals surface area contributed by atoms with Gasteiger partial charge in [-0.3, -0.25) is 10.1 Å². The van der Waals surface area contributed by atoms with Crippen molar-refractivity contribution in [2.24, 2.45) is 0 Å². The van der Waals surface area contributed by atoms with E-state index in [4.69, 9.17) is 0 Å². The quantitative estimate of drug-likeness (QED) is 0.176. The van der Waals surface area contributed by atoms with Crippen molar-refractivity contribution in [1.29, 1.82) is 0 Å². The number of nitro benzene ring substituents is 1. The summed E-state index contributed by atoms with van der Waals surface area (Å²) in [7, 11) is -2.99. The molecule has 0 N–H and O–H groups in total. The van der Waals surface area contributed by atoms with E-state index < -0.39 is 7.81 Å². The van der Waals surface area contributed by atoms with Crippen LogP contribution >= 0.6 is 7.81 Å². The number of allylic oxidation sites excluding steroid dienone is 1. The molecule has 0 bridgehead atoms. The number of rotatable bonds is 4. The zero-order valence-corrected chi connectivity index (χ0v) is 14.7. The van der Waals surface area contributed by atoms with Crippen molar-refractivity contribution in [3.05, 3.63) is 46.1 Å². The van der Waals surface area contributed by atoms with Crippen LogP contribution < -0.4 is 0 Å². The predicted octanol–water partition coefficient (Wildman–Crippen LogP) is 5.22. The first-order valence-corrected chi connectivity index (χ1v) is 8.59. The predicted molar refractivity (Wildman–Crippen MR) is 86.5 cm³/mol. The van der Waals surface area contributed by atoms with Gasteiger partial charge in [-0.25, -0.2) is 4.58 Å². The molecule has 0 aliphatic heterocycles. The summed E-state index contributed by atoms with van der Waals surface area (Å²) in [6.07, 6.45) is 3.86. The van der Waals surface area contributed by atoms with Gasteiger partial charge in [-0.2, -0.15) is 0 Å². The van der Waals surface area contributed by atoms with Crippen molar-refractivity contribution in [3.8, 4) is 0 Å². The summed E-state index contributed by atoms with van der Waals surface area (Å²) < 4.78 is 61.1. The number of benzene rings is 1. The molecule has 1 aromatic carbocycles. The molecule has 0 aliphatic rings. The van der Waals surface area contributed by atoms with Crippen LogP contribution in [0.5, 0.6) is 0 Å². The van der Waals surface area contributed by atoms with Crippen LogP contribution in [0.4, 0.5) is 30.9 Å². The van der Waals surface area contributed by atoms with E-state index in [0.717, 1.165) is 11.1 Å². The van der Waals surface area contributed by atoms with Gasteiger partial charge in [0.05, 0.1) is 10.5 Å². The molecule has 0 heterocycles.